The summed E-state index contributed by atoms with van der Waals surface area (Å²) in [4.78, 5) is 29.0. The average Bonchev–Trinajstić information content (AvgIpc) is 2.82. The number of pyridine rings is 1. The second-order valence-corrected chi connectivity index (χ2v) is 4.79. The Morgan fingerprint density at radius 2 is 2.19 bits per heavy atom. The number of amides is 2. The van der Waals surface area contributed by atoms with Gasteiger partial charge in [0.1, 0.15) is 10.9 Å². The van der Waals surface area contributed by atoms with E-state index in [4.69, 9.17) is 16.1 Å². The molecule has 21 heavy (non-hydrogen) atoms. The summed E-state index contributed by atoms with van der Waals surface area (Å²) in [6.07, 6.45) is 1.43. The molecule has 0 aliphatic heterocycles. The van der Waals surface area contributed by atoms with Crippen molar-refractivity contribution in [2.75, 3.05) is 18.9 Å². The molecule has 8 heteroatoms. The van der Waals surface area contributed by atoms with E-state index < -0.39 is 0 Å². The van der Waals surface area contributed by atoms with E-state index in [1.54, 1.807) is 13.0 Å². The zero-order valence-electron chi connectivity index (χ0n) is 11.5. The van der Waals surface area contributed by atoms with E-state index >= 15 is 0 Å². The Kier molecular flexibility index (Phi) is 4.54. The molecule has 2 aromatic heterocycles. The summed E-state index contributed by atoms with van der Waals surface area (Å²) in [5.41, 5.74) is 0.364. The minimum absolute atomic E-state index is 0.120. The maximum Gasteiger partial charge on any atom is 0.254 e. The number of nitrogens with one attached hydrogen (secondary N) is 1. The Labute approximate surface area is 125 Å². The van der Waals surface area contributed by atoms with Crippen molar-refractivity contribution in [3.8, 4) is 0 Å². The highest BCUT2D eigenvalue weighted by atomic mass is 35.5. The number of anilines is 1. The summed E-state index contributed by atoms with van der Waals surface area (Å²) in [6, 6.07) is 4.56. The third-order valence-electron chi connectivity index (χ3n) is 2.60. The van der Waals surface area contributed by atoms with E-state index in [-0.39, 0.29) is 23.5 Å². The van der Waals surface area contributed by atoms with Crippen molar-refractivity contribution in [1.82, 2.24) is 15.0 Å². The van der Waals surface area contributed by atoms with Gasteiger partial charge in [0, 0.05) is 24.9 Å². The molecule has 2 rings (SSSR count). The summed E-state index contributed by atoms with van der Waals surface area (Å²) in [7, 11) is 1.52. The molecule has 0 spiro atoms. The smallest absolute Gasteiger partial charge is 0.254 e. The first-order valence-electron chi connectivity index (χ1n) is 6.06. The van der Waals surface area contributed by atoms with Gasteiger partial charge in [0.2, 0.25) is 5.91 Å². The van der Waals surface area contributed by atoms with E-state index in [9.17, 15) is 9.59 Å². The molecule has 1 N–H and O–H groups in total. The van der Waals surface area contributed by atoms with Crippen molar-refractivity contribution in [3.05, 3.63) is 40.9 Å². The highest BCUT2D eigenvalue weighted by molar-refractivity contribution is 6.29. The fraction of sp³-hybridized carbons (Fsp3) is 0.231. The fourth-order valence-corrected chi connectivity index (χ4v) is 1.82. The van der Waals surface area contributed by atoms with Crippen molar-refractivity contribution in [2.45, 2.75) is 6.92 Å². The van der Waals surface area contributed by atoms with Crippen LogP contribution in [0.5, 0.6) is 0 Å². The predicted molar refractivity (Wildman–Crippen MR) is 76.1 cm³/mol. The lowest BCUT2D eigenvalue weighted by atomic mass is 10.2. The predicted octanol–water partition coefficient (Wildman–Crippen LogP) is 1.74. The number of carbonyl (C=O) groups excluding carboxylic acids is 2. The minimum Gasteiger partial charge on any atom is -0.360 e. The van der Waals surface area contributed by atoms with E-state index in [0.29, 0.717) is 17.1 Å². The molecule has 0 bridgehead atoms. The molecule has 0 unspecified atom stereocenters. The summed E-state index contributed by atoms with van der Waals surface area (Å²) in [5, 5.41) is 6.40. The second-order valence-electron chi connectivity index (χ2n) is 4.40. The first-order chi connectivity index (χ1) is 9.95. The van der Waals surface area contributed by atoms with Crippen molar-refractivity contribution < 1.29 is 14.1 Å². The highest BCUT2D eigenvalue weighted by Gasteiger charge is 2.16. The first-order valence-corrected chi connectivity index (χ1v) is 6.43. The van der Waals surface area contributed by atoms with Gasteiger partial charge in [-0.05, 0) is 19.1 Å². The lowest BCUT2D eigenvalue weighted by Crippen LogP contribution is -2.35. The van der Waals surface area contributed by atoms with Crippen molar-refractivity contribution in [2.24, 2.45) is 0 Å². The van der Waals surface area contributed by atoms with E-state index in [2.05, 4.69) is 15.5 Å². The zero-order chi connectivity index (χ0) is 15.4. The van der Waals surface area contributed by atoms with Gasteiger partial charge < -0.3 is 14.7 Å². The summed E-state index contributed by atoms with van der Waals surface area (Å²) in [5.74, 6) is 0.191. The third kappa shape index (κ3) is 4.03. The van der Waals surface area contributed by atoms with Crippen LogP contribution in [-0.2, 0) is 4.79 Å². The van der Waals surface area contributed by atoms with Gasteiger partial charge in [-0.15, -0.1) is 0 Å². The van der Waals surface area contributed by atoms with Crippen LogP contribution in [0.3, 0.4) is 0 Å². The molecule has 0 aliphatic carbocycles. The largest absolute Gasteiger partial charge is 0.360 e. The van der Waals surface area contributed by atoms with Crippen LogP contribution in [0.4, 0.5) is 5.82 Å². The van der Waals surface area contributed by atoms with Crippen molar-refractivity contribution in [3.63, 3.8) is 0 Å². The van der Waals surface area contributed by atoms with E-state index in [0.717, 1.165) is 0 Å². The molecule has 0 radical (unpaired) electrons. The summed E-state index contributed by atoms with van der Waals surface area (Å²) >= 11 is 5.73. The van der Waals surface area contributed by atoms with Crippen LogP contribution in [0.15, 0.2) is 28.9 Å². The summed E-state index contributed by atoms with van der Waals surface area (Å²) in [6.45, 7) is 1.59. The van der Waals surface area contributed by atoms with Crippen molar-refractivity contribution >= 4 is 29.2 Å². The minimum atomic E-state index is -0.376. The Hall–Kier alpha value is -2.41. The first kappa shape index (κ1) is 15.0. The van der Waals surface area contributed by atoms with Gasteiger partial charge in [-0.3, -0.25) is 9.59 Å². The van der Waals surface area contributed by atoms with Crippen LogP contribution < -0.4 is 5.32 Å². The quantitative estimate of drug-likeness (QED) is 0.869. The van der Waals surface area contributed by atoms with Crippen LogP contribution >= 0.6 is 11.6 Å². The molecule has 2 amide bonds. The zero-order valence-corrected chi connectivity index (χ0v) is 12.2. The molecule has 0 fully saturated rings. The molecule has 7 nitrogen and oxygen atoms in total. The molecule has 2 heterocycles. The Bertz CT molecular complexity index is 671. The second kappa shape index (κ2) is 6.36. The maximum atomic E-state index is 12.1. The molecular formula is C13H13ClN4O3. The number of nitrogens with zero attached hydrogens (tertiary/aromatic N) is 3. The maximum absolute atomic E-state index is 12.1. The van der Waals surface area contributed by atoms with Crippen molar-refractivity contribution in [1.29, 1.82) is 0 Å². The normalized spacial score (nSPS) is 10.2. The van der Waals surface area contributed by atoms with Gasteiger partial charge in [0.05, 0.1) is 6.54 Å². The van der Waals surface area contributed by atoms with Gasteiger partial charge in [0.15, 0.2) is 5.82 Å². The fourth-order valence-electron chi connectivity index (χ4n) is 1.65. The topological polar surface area (TPSA) is 88.3 Å². The number of rotatable bonds is 4. The Morgan fingerprint density at radius 3 is 2.81 bits per heavy atom. The van der Waals surface area contributed by atoms with Crippen LogP contribution in [0, 0.1) is 6.92 Å². The highest BCUT2D eigenvalue weighted by Crippen LogP contribution is 2.10. The Morgan fingerprint density at radius 1 is 1.43 bits per heavy atom. The third-order valence-corrected chi connectivity index (χ3v) is 2.80. The van der Waals surface area contributed by atoms with E-state index in [1.165, 1.54) is 30.3 Å². The SMILES string of the molecule is Cc1cc(NC(=O)CN(C)C(=O)c2ccnc(Cl)c2)no1. The summed E-state index contributed by atoms with van der Waals surface area (Å²) < 4.78 is 4.83. The molecule has 0 saturated heterocycles. The van der Waals surface area contributed by atoms with Gasteiger partial charge in [-0.1, -0.05) is 16.8 Å². The molecule has 2 aromatic rings. The van der Waals surface area contributed by atoms with Crippen LogP contribution in [0.2, 0.25) is 5.15 Å². The van der Waals surface area contributed by atoms with Gasteiger partial charge in [-0.2, -0.15) is 0 Å². The molecule has 0 saturated carbocycles. The van der Waals surface area contributed by atoms with Gasteiger partial charge in [0.25, 0.3) is 5.91 Å². The average molecular weight is 309 g/mol. The number of likely N-dealkylation sites (N-methyl/N-ethyl adjacent to an activating group) is 1. The number of aromatic nitrogens is 2. The van der Waals surface area contributed by atoms with Gasteiger partial charge >= 0.3 is 0 Å². The molecule has 0 atom stereocenters. The molecular weight excluding hydrogens is 296 g/mol. The number of carbonyl (C=O) groups is 2. The number of halogens is 1. The van der Waals surface area contributed by atoms with Crippen LogP contribution in [-0.4, -0.2) is 40.4 Å². The number of aryl methyl sites for hydroxylation is 1. The lowest BCUT2D eigenvalue weighted by molar-refractivity contribution is -0.116. The van der Waals surface area contributed by atoms with Crippen LogP contribution in [0.1, 0.15) is 16.1 Å². The van der Waals surface area contributed by atoms with Gasteiger partial charge in [-0.25, -0.2) is 4.98 Å². The standard InChI is InChI=1S/C13H13ClN4O3/c1-8-5-11(17-21-8)16-12(19)7-18(2)13(20)9-3-4-15-10(14)6-9/h3-6H,7H2,1-2H3,(H,16,17,19). The molecule has 0 aromatic carbocycles. The number of hydrogen-bond donors (Lipinski definition) is 1. The Balaban J connectivity index is 1.95. The monoisotopic (exact) mass is 308 g/mol. The lowest BCUT2D eigenvalue weighted by Gasteiger charge is -2.16. The molecule has 110 valence electrons. The number of hydrogen-bond acceptors (Lipinski definition) is 5. The van der Waals surface area contributed by atoms with Crippen LogP contribution in [0.25, 0.3) is 0 Å². The molecule has 0 aliphatic rings. The van der Waals surface area contributed by atoms with E-state index in [1.807, 2.05) is 0 Å².